The fourth-order valence-corrected chi connectivity index (χ4v) is 1.88. The van der Waals surface area contributed by atoms with Crippen LogP contribution in [0.15, 0.2) is 0 Å². The molecule has 9 heteroatoms. The Morgan fingerprint density at radius 2 is 2.21 bits per heavy atom. The summed E-state index contributed by atoms with van der Waals surface area (Å²) in [6.07, 6.45) is -1.83. The zero-order chi connectivity index (χ0) is 13.9. The van der Waals surface area contributed by atoms with Gasteiger partial charge in [0, 0.05) is 0 Å². The van der Waals surface area contributed by atoms with Gasteiger partial charge >= 0.3 is 12.1 Å². The number of carbonyl (C=O) groups is 1. The minimum atomic E-state index is -4.88. The highest BCUT2D eigenvalue weighted by molar-refractivity contribution is 5.81. The van der Waals surface area contributed by atoms with Crippen LogP contribution < -0.4 is 10.6 Å². The number of aromatic nitrogens is 3. The maximum absolute atomic E-state index is 12.0. The Morgan fingerprint density at radius 1 is 1.42 bits per heavy atom. The molecular formula is C10H14F3N5O. The highest BCUT2D eigenvalue weighted by atomic mass is 19.4. The number of amides is 1. The number of nitrogens with zero attached hydrogens (tertiary/aromatic N) is 2. The van der Waals surface area contributed by atoms with Crippen LogP contribution in [0.5, 0.6) is 0 Å². The number of hydrogen-bond donors (Lipinski definition) is 3. The van der Waals surface area contributed by atoms with Gasteiger partial charge in [0.05, 0.1) is 12.6 Å². The summed E-state index contributed by atoms with van der Waals surface area (Å²) in [6.45, 7) is 0.553. The molecule has 106 valence electrons. The van der Waals surface area contributed by atoms with Crippen LogP contribution in [0.2, 0.25) is 0 Å². The smallest absolute Gasteiger partial charge is 0.341 e. The van der Waals surface area contributed by atoms with Crippen LogP contribution in [0.3, 0.4) is 0 Å². The first-order valence-corrected chi connectivity index (χ1v) is 5.96. The Hall–Kier alpha value is -1.64. The van der Waals surface area contributed by atoms with E-state index in [9.17, 15) is 18.0 Å². The predicted molar refractivity (Wildman–Crippen MR) is 58.9 cm³/mol. The summed E-state index contributed by atoms with van der Waals surface area (Å²) in [5, 5.41) is 11.4. The third kappa shape index (κ3) is 3.66. The van der Waals surface area contributed by atoms with E-state index in [4.69, 9.17) is 0 Å². The van der Waals surface area contributed by atoms with Crippen molar-refractivity contribution in [2.45, 2.75) is 38.0 Å². The lowest BCUT2D eigenvalue weighted by Crippen LogP contribution is -2.36. The Balaban J connectivity index is 1.89. The summed E-state index contributed by atoms with van der Waals surface area (Å²) in [7, 11) is 0. The van der Waals surface area contributed by atoms with Crippen LogP contribution >= 0.6 is 0 Å². The molecule has 19 heavy (non-hydrogen) atoms. The summed E-state index contributed by atoms with van der Waals surface area (Å²) >= 11 is 0. The molecule has 0 saturated carbocycles. The van der Waals surface area contributed by atoms with Crippen molar-refractivity contribution >= 4 is 5.91 Å². The third-order valence-electron chi connectivity index (χ3n) is 2.84. The molecule has 1 aromatic heterocycles. The highest BCUT2D eigenvalue weighted by Gasteiger charge is 2.38. The summed E-state index contributed by atoms with van der Waals surface area (Å²) in [4.78, 5) is 14.7. The lowest BCUT2D eigenvalue weighted by atomic mass is 10.0. The third-order valence-corrected chi connectivity index (χ3v) is 2.84. The van der Waals surface area contributed by atoms with Gasteiger partial charge in [0.1, 0.15) is 5.82 Å². The van der Waals surface area contributed by atoms with Crippen molar-refractivity contribution in [2.24, 2.45) is 0 Å². The van der Waals surface area contributed by atoms with Gasteiger partial charge in [-0.25, -0.2) is 4.98 Å². The molecule has 0 radical (unpaired) electrons. The van der Waals surface area contributed by atoms with Crippen molar-refractivity contribution in [3.05, 3.63) is 11.6 Å². The van der Waals surface area contributed by atoms with E-state index in [1.54, 1.807) is 5.32 Å². The largest absolute Gasteiger partial charge is 0.471 e. The van der Waals surface area contributed by atoms with Crippen LogP contribution in [0.4, 0.5) is 13.2 Å². The maximum Gasteiger partial charge on any atom is 0.471 e. The number of aromatic amines is 1. The lowest BCUT2D eigenvalue weighted by molar-refractivity contribution is -0.173. The first kappa shape index (κ1) is 13.8. The van der Waals surface area contributed by atoms with Gasteiger partial charge in [0.15, 0.2) is 5.82 Å². The van der Waals surface area contributed by atoms with E-state index in [0.717, 1.165) is 25.8 Å². The number of carbonyl (C=O) groups excluding carboxylic acids is 1. The molecule has 1 aliphatic rings. The molecule has 1 aliphatic heterocycles. The fraction of sp³-hybridized carbons (Fsp3) is 0.700. The van der Waals surface area contributed by atoms with Gasteiger partial charge in [0.25, 0.3) is 0 Å². The Labute approximate surface area is 107 Å². The number of nitrogens with one attached hydrogen (secondary N) is 3. The number of halogens is 3. The summed E-state index contributed by atoms with van der Waals surface area (Å²) in [6, 6.07) is 0.0251. The van der Waals surface area contributed by atoms with E-state index in [1.807, 2.05) is 0 Å². The van der Waals surface area contributed by atoms with Crippen molar-refractivity contribution in [2.75, 3.05) is 6.54 Å². The molecule has 2 rings (SSSR count). The minimum absolute atomic E-state index is 0.0251. The van der Waals surface area contributed by atoms with Crippen LogP contribution in [-0.4, -0.2) is 33.8 Å². The van der Waals surface area contributed by atoms with Gasteiger partial charge in [-0.1, -0.05) is 6.42 Å². The highest BCUT2D eigenvalue weighted by Crippen LogP contribution is 2.19. The average Bonchev–Trinajstić information content (AvgIpc) is 2.84. The second-order valence-corrected chi connectivity index (χ2v) is 4.32. The Morgan fingerprint density at radius 3 is 2.84 bits per heavy atom. The molecule has 1 atom stereocenters. The van der Waals surface area contributed by atoms with Gasteiger partial charge in [-0.3, -0.25) is 9.89 Å². The molecule has 0 spiro atoms. The molecule has 1 fully saturated rings. The maximum atomic E-state index is 12.0. The number of alkyl halides is 3. The normalized spacial score (nSPS) is 20.3. The second-order valence-electron chi connectivity index (χ2n) is 4.32. The molecule has 0 bridgehead atoms. The second kappa shape index (κ2) is 5.55. The van der Waals surface area contributed by atoms with Crippen LogP contribution in [0.25, 0.3) is 0 Å². The number of hydrogen-bond acceptors (Lipinski definition) is 4. The van der Waals surface area contributed by atoms with E-state index in [-0.39, 0.29) is 18.4 Å². The molecule has 1 saturated heterocycles. The summed E-state index contributed by atoms with van der Waals surface area (Å²) in [5.74, 6) is -1.25. The van der Waals surface area contributed by atoms with Crippen LogP contribution in [0.1, 0.15) is 37.0 Å². The quantitative estimate of drug-likeness (QED) is 0.763. The monoisotopic (exact) mass is 277 g/mol. The molecule has 6 nitrogen and oxygen atoms in total. The van der Waals surface area contributed by atoms with Gasteiger partial charge in [-0.2, -0.15) is 18.3 Å². The van der Waals surface area contributed by atoms with E-state index in [1.165, 1.54) is 0 Å². The first-order chi connectivity index (χ1) is 8.97. The van der Waals surface area contributed by atoms with Gasteiger partial charge < -0.3 is 10.6 Å². The van der Waals surface area contributed by atoms with Crippen molar-refractivity contribution in [3.63, 3.8) is 0 Å². The molecule has 0 aliphatic carbocycles. The minimum Gasteiger partial charge on any atom is -0.341 e. The molecule has 1 unspecified atom stereocenters. The zero-order valence-electron chi connectivity index (χ0n) is 10.0. The van der Waals surface area contributed by atoms with E-state index in [2.05, 4.69) is 20.5 Å². The molecule has 1 amide bonds. The van der Waals surface area contributed by atoms with Crippen molar-refractivity contribution in [1.82, 2.24) is 25.8 Å². The molecular weight excluding hydrogens is 263 g/mol. The van der Waals surface area contributed by atoms with E-state index < -0.39 is 12.1 Å². The fourth-order valence-electron chi connectivity index (χ4n) is 1.88. The van der Waals surface area contributed by atoms with E-state index in [0.29, 0.717) is 5.82 Å². The lowest BCUT2D eigenvalue weighted by Gasteiger charge is -2.20. The van der Waals surface area contributed by atoms with Crippen molar-refractivity contribution in [3.8, 4) is 0 Å². The molecule has 3 N–H and O–H groups in total. The van der Waals surface area contributed by atoms with Crippen LogP contribution in [-0.2, 0) is 11.3 Å². The first-order valence-electron chi connectivity index (χ1n) is 5.96. The van der Waals surface area contributed by atoms with Crippen molar-refractivity contribution in [1.29, 1.82) is 0 Å². The molecule has 0 aromatic carbocycles. The Kier molecular flexibility index (Phi) is 4.03. The van der Waals surface area contributed by atoms with E-state index >= 15 is 0 Å². The van der Waals surface area contributed by atoms with Gasteiger partial charge in [-0.15, -0.1) is 0 Å². The average molecular weight is 277 g/mol. The van der Waals surface area contributed by atoms with Crippen molar-refractivity contribution < 1.29 is 18.0 Å². The number of H-pyrrole nitrogens is 1. The predicted octanol–water partition coefficient (Wildman–Crippen LogP) is 0.798. The summed E-state index contributed by atoms with van der Waals surface area (Å²) < 4.78 is 35.9. The number of piperidine rings is 1. The Bertz CT molecular complexity index is 439. The van der Waals surface area contributed by atoms with Gasteiger partial charge in [0.2, 0.25) is 0 Å². The molecule has 2 heterocycles. The van der Waals surface area contributed by atoms with Gasteiger partial charge in [-0.05, 0) is 19.4 Å². The number of rotatable bonds is 3. The van der Waals surface area contributed by atoms with Crippen LogP contribution in [0, 0.1) is 0 Å². The standard InChI is InChI=1S/C10H14F3N5O/c11-10(12,13)9(19)15-5-7-16-8(18-17-7)6-3-1-2-4-14-6/h6,14H,1-5H2,(H,15,19)(H,16,17,18). The topological polar surface area (TPSA) is 82.7 Å². The zero-order valence-corrected chi connectivity index (χ0v) is 10.0. The molecule has 1 aromatic rings. The SMILES string of the molecule is O=C(NCc1nc(C2CCCCN2)n[nH]1)C(F)(F)F. The summed E-state index contributed by atoms with van der Waals surface area (Å²) in [5.41, 5.74) is 0.